The Morgan fingerprint density at radius 3 is 2.71 bits per heavy atom. The molecule has 2 amide bonds. The van der Waals surface area contributed by atoms with Gasteiger partial charge in [-0.15, -0.1) is 0 Å². The number of hydrogen-bond acceptors (Lipinski definition) is 4. The van der Waals surface area contributed by atoms with Crippen molar-refractivity contribution in [2.75, 3.05) is 12.4 Å². The fourth-order valence-corrected chi connectivity index (χ4v) is 2.09. The average Bonchev–Trinajstić information content (AvgIpc) is 2.55. The first-order valence-corrected chi connectivity index (χ1v) is 7.46. The lowest BCUT2D eigenvalue weighted by Gasteiger charge is -2.05. The quantitative estimate of drug-likeness (QED) is 0.480. The van der Waals surface area contributed by atoms with Gasteiger partial charge in [0, 0.05) is 16.3 Å². The molecule has 0 bridgehead atoms. The number of nitrogens with zero attached hydrogens (tertiary/aromatic N) is 1. The highest BCUT2D eigenvalue weighted by molar-refractivity contribution is 6.30. The Morgan fingerprint density at radius 2 is 1.96 bits per heavy atom. The van der Waals surface area contributed by atoms with E-state index < -0.39 is 11.8 Å². The smallest absolute Gasteiger partial charge is 0.249 e. The minimum atomic E-state index is -0.527. The van der Waals surface area contributed by atoms with E-state index in [0.29, 0.717) is 22.0 Å². The van der Waals surface area contributed by atoms with E-state index >= 15 is 0 Å². The van der Waals surface area contributed by atoms with Crippen LogP contribution < -0.4 is 15.5 Å². The summed E-state index contributed by atoms with van der Waals surface area (Å²) in [6.45, 7) is 0. The van der Waals surface area contributed by atoms with Gasteiger partial charge in [0.25, 0.3) is 0 Å². The van der Waals surface area contributed by atoms with Crippen LogP contribution in [-0.2, 0) is 9.59 Å². The van der Waals surface area contributed by atoms with Crippen LogP contribution in [0.25, 0.3) is 0 Å². The van der Waals surface area contributed by atoms with Crippen molar-refractivity contribution in [1.29, 1.82) is 0 Å². The van der Waals surface area contributed by atoms with Crippen LogP contribution >= 0.6 is 11.6 Å². The molecule has 7 heteroatoms. The number of carbonyl (C=O) groups excluding carboxylic acids is 2. The summed E-state index contributed by atoms with van der Waals surface area (Å²) in [6, 6.07) is 13.9. The number of methoxy groups -OCH3 is 1. The molecule has 124 valence electrons. The third-order valence-corrected chi connectivity index (χ3v) is 3.20. The van der Waals surface area contributed by atoms with E-state index in [1.54, 1.807) is 43.5 Å². The molecule has 0 saturated heterocycles. The minimum Gasteiger partial charge on any atom is -0.496 e. The van der Waals surface area contributed by atoms with Crippen molar-refractivity contribution in [2.45, 2.75) is 6.42 Å². The van der Waals surface area contributed by atoms with Crippen molar-refractivity contribution in [2.24, 2.45) is 5.10 Å². The molecule has 0 heterocycles. The lowest BCUT2D eigenvalue weighted by molar-refractivity contribution is -0.126. The molecular weight excluding hydrogens is 330 g/mol. The molecule has 0 atom stereocenters. The number of halogens is 1. The van der Waals surface area contributed by atoms with Crippen molar-refractivity contribution in [3.05, 3.63) is 59.1 Å². The maximum Gasteiger partial charge on any atom is 0.249 e. The van der Waals surface area contributed by atoms with Gasteiger partial charge in [-0.25, -0.2) is 5.43 Å². The molecular formula is C17H16ClN3O3. The van der Waals surface area contributed by atoms with Crippen molar-refractivity contribution in [1.82, 2.24) is 5.43 Å². The number of benzene rings is 2. The van der Waals surface area contributed by atoms with Crippen LogP contribution in [-0.4, -0.2) is 25.1 Å². The largest absolute Gasteiger partial charge is 0.496 e. The first-order valence-electron chi connectivity index (χ1n) is 7.09. The molecule has 0 aromatic heterocycles. The summed E-state index contributed by atoms with van der Waals surface area (Å²) in [6.07, 6.45) is 1.10. The Balaban J connectivity index is 1.84. The van der Waals surface area contributed by atoms with Gasteiger partial charge in [-0.1, -0.05) is 29.8 Å². The maximum absolute atomic E-state index is 11.8. The van der Waals surface area contributed by atoms with Crippen LogP contribution in [0.3, 0.4) is 0 Å². The van der Waals surface area contributed by atoms with Crippen LogP contribution in [0.5, 0.6) is 5.75 Å². The molecule has 0 saturated carbocycles. The molecule has 0 radical (unpaired) electrons. The van der Waals surface area contributed by atoms with Gasteiger partial charge in [-0.2, -0.15) is 5.10 Å². The molecule has 0 aliphatic heterocycles. The van der Waals surface area contributed by atoms with Crippen LogP contribution in [0.15, 0.2) is 53.6 Å². The molecule has 0 unspecified atom stereocenters. The second kappa shape index (κ2) is 8.69. The summed E-state index contributed by atoms with van der Waals surface area (Å²) >= 11 is 5.83. The Kier molecular flexibility index (Phi) is 6.33. The number of nitrogens with one attached hydrogen (secondary N) is 2. The average molecular weight is 346 g/mol. The predicted molar refractivity (Wildman–Crippen MR) is 93.4 cm³/mol. The third kappa shape index (κ3) is 5.40. The van der Waals surface area contributed by atoms with Gasteiger partial charge in [-0.05, 0) is 30.3 Å². The second-order valence-corrected chi connectivity index (χ2v) is 5.21. The normalized spacial score (nSPS) is 10.4. The number of hydrogen-bond donors (Lipinski definition) is 2. The Hall–Kier alpha value is -2.86. The molecule has 6 nitrogen and oxygen atoms in total. The molecule has 0 fully saturated rings. The van der Waals surface area contributed by atoms with Crippen LogP contribution in [0.2, 0.25) is 5.02 Å². The number of rotatable bonds is 6. The highest BCUT2D eigenvalue weighted by atomic mass is 35.5. The number of amides is 2. The van der Waals surface area contributed by atoms with Gasteiger partial charge in [0.05, 0.1) is 13.3 Å². The van der Waals surface area contributed by atoms with Gasteiger partial charge < -0.3 is 10.1 Å². The molecule has 2 aromatic carbocycles. The van der Waals surface area contributed by atoms with E-state index in [4.69, 9.17) is 16.3 Å². The molecule has 2 aromatic rings. The summed E-state index contributed by atoms with van der Waals surface area (Å²) in [7, 11) is 1.55. The summed E-state index contributed by atoms with van der Waals surface area (Å²) in [5.74, 6) is -0.350. The topological polar surface area (TPSA) is 79.8 Å². The summed E-state index contributed by atoms with van der Waals surface area (Å²) in [5.41, 5.74) is 3.54. The van der Waals surface area contributed by atoms with Crippen molar-refractivity contribution in [3.8, 4) is 5.75 Å². The van der Waals surface area contributed by atoms with Crippen molar-refractivity contribution < 1.29 is 14.3 Å². The van der Waals surface area contributed by atoms with E-state index in [9.17, 15) is 9.59 Å². The second-order valence-electron chi connectivity index (χ2n) is 4.77. The van der Waals surface area contributed by atoms with E-state index in [1.165, 1.54) is 6.21 Å². The van der Waals surface area contributed by atoms with Gasteiger partial charge >= 0.3 is 0 Å². The zero-order valence-corrected chi connectivity index (χ0v) is 13.7. The number of para-hydroxylation sites is 1. The lowest BCUT2D eigenvalue weighted by Crippen LogP contribution is -2.24. The Morgan fingerprint density at radius 1 is 1.17 bits per heavy atom. The van der Waals surface area contributed by atoms with E-state index in [0.717, 1.165) is 0 Å². The molecule has 2 rings (SSSR count). The van der Waals surface area contributed by atoms with Crippen molar-refractivity contribution >= 4 is 35.3 Å². The van der Waals surface area contributed by atoms with Crippen molar-refractivity contribution in [3.63, 3.8) is 0 Å². The number of hydrazone groups is 1. The van der Waals surface area contributed by atoms with Crippen LogP contribution in [0.1, 0.15) is 12.0 Å². The Bertz CT molecular complexity index is 762. The standard InChI is InChI=1S/C17H16ClN3O3/c1-24-15-8-3-2-5-12(15)11-19-21-17(23)10-16(22)20-14-7-4-6-13(18)9-14/h2-9,11H,10H2,1H3,(H,20,22)(H,21,23)/b19-11-. The van der Waals surface area contributed by atoms with E-state index in [1.807, 2.05) is 12.1 Å². The van der Waals surface area contributed by atoms with Gasteiger partial charge in [0.15, 0.2) is 0 Å². The maximum atomic E-state index is 11.8. The van der Waals surface area contributed by atoms with Gasteiger partial charge in [0.1, 0.15) is 12.2 Å². The zero-order valence-electron chi connectivity index (χ0n) is 13.0. The van der Waals surface area contributed by atoms with E-state index in [-0.39, 0.29) is 6.42 Å². The molecule has 0 spiro atoms. The highest BCUT2D eigenvalue weighted by Crippen LogP contribution is 2.15. The SMILES string of the molecule is COc1ccccc1/C=N\NC(=O)CC(=O)Nc1cccc(Cl)c1. The third-order valence-electron chi connectivity index (χ3n) is 2.96. The minimum absolute atomic E-state index is 0.351. The summed E-state index contributed by atoms with van der Waals surface area (Å²) in [4.78, 5) is 23.5. The zero-order chi connectivity index (χ0) is 17.4. The predicted octanol–water partition coefficient (Wildman–Crippen LogP) is 2.83. The lowest BCUT2D eigenvalue weighted by atomic mass is 10.2. The monoisotopic (exact) mass is 345 g/mol. The van der Waals surface area contributed by atoms with Crippen LogP contribution in [0.4, 0.5) is 5.69 Å². The molecule has 24 heavy (non-hydrogen) atoms. The van der Waals surface area contributed by atoms with Crippen LogP contribution in [0, 0.1) is 0 Å². The number of ether oxygens (including phenoxy) is 1. The fourth-order valence-electron chi connectivity index (χ4n) is 1.90. The molecule has 0 aliphatic carbocycles. The van der Waals surface area contributed by atoms with Gasteiger partial charge in [0.2, 0.25) is 11.8 Å². The van der Waals surface area contributed by atoms with E-state index in [2.05, 4.69) is 15.8 Å². The first kappa shape index (κ1) is 17.5. The molecule has 2 N–H and O–H groups in total. The first-order chi connectivity index (χ1) is 11.6. The summed E-state index contributed by atoms with van der Waals surface area (Å²) in [5, 5.41) is 6.90. The fraction of sp³-hybridized carbons (Fsp3) is 0.118. The molecule has 0 aliphatic rings. The number of anilines is 1. The number of carbonyl (C=O) groups is 2. The summed E-state index contributed by atoms with van der Waals surface area (Å²) < 4.78 is 5.16. The van der Waals surface area contributed by atoms with Gasteiger partial charge in [-0.3, -0.25) is 9.59 Å². The Labute approximate surface area is 144 Å². The highest BCUT2D eigenvalue weighted by Gasteiger charge is 2.09.